The van der Waals surface area contributed by atoms with Crippen LogP contribution in [0.15, 0.2) is 38.8 Å². The van der Waals surface area contributed by atoms with E-state index in [1.807, 2.05) is 19.2 Å². The fourth-order valence-electron chi connectivity index (χ4n) is 2.31. The average Bonchev–Trinajstić information content (AvgIpc) is 3.16. The van der Waals surface area contributed by atoms with E-state index in [-0.39, 0.29) is 17.9 Å². The van der Waals surface area contributed by atoms with E-state index >= 15 is 0 Å². The molecule has 0 N–H and O–H groups in total. The molecule has 1 amide bonds. The molecular weight excluding hydrogens is 288 g/mol. The smallest absolute Gasteiger partial charge is 0.245 e. The summed E-state index contributed by atoms with van der Waals surface area (Å²) in [4.78, 5) is 12.4. The van der Waals surface area contributed by atoms with Crippen molar-refractivity contribution >= 4 is 34.3 Å². The monoisotopic (exact) mass is 304 g/mol. The molecular formula is C15H16N2OS2. The predicted molar refractivity (Wildman–Crippen MR) is 84.2 cm³/mol. The third-order valence-corrected chi connectivity index (χ3v) is 4.80. The van der Waals surface area contributed by atoms with Crippen molar-refractivity contribution in [3.63, 3.8) is 0 Å². The van der Waals surface area contributed by atoms with E-state index in [0.717, 1.165) is 17.7 Å². The van der Waals surface area contributed by atoms with Crippen LogP contribution in [0.25, 0.3) is 0 Å². The molecule has 0 aromatic carbocycles. The first-order chi connectivity index (χ1) is 9.66. The van der Waals surface area contributed by atoms with Gasteiger partial charge in [-0.2, -0.15) is 27.8 Å². The van der Waals surface area contributed by atoms with Gasteiger partial charge in [0, 0.05) is 17.9 Å². The summed E-state index contributed by atoms with van der Waals surface area (Å²) in [7, 11) is 0. The maximum absolute atomic E-state index is 12.4. The lowest BCUT2D eigenvalue weighted by atomic mass is 10.0. The summed E-state index contributed by atoms with van der Waals surface area (Å²) in [6.07, 6.45) is 0.798. The van der Waals surface area contributed by atoms with Gasteiger partial charge in [-0.1, -0.05) is 13.8 Å². The molecule has 0 bridgehead atoms. The van der Waals surface area contributed by atoms with E-state index in [1.54, 1.807) is 27.7 Å². The molecule has 3 heterocycles. The van der Waals surface area contributed by atoms with Crippen molar-refractivity contribution in [3.8, 4) is 0 Å². The SMILES string of the molecule is CC(C)C(=O)N1N=C(c2ccsc2)C[C@H]1c1ccsc1. The van der Waals surface area contributed by atoms with Crippen LogP contribution < -0.4 is 0 Å². The van der Waals surface area contributed by atoms with Crippen molar-refractivity contribution in [1.82, 2.24) is 5.01 Å². The second kappa shape index (κ2) is 5.50. The third kappa shape index (κ3) is 2.43. The van der Waals surface area contributed by atoms with Crippen molar-refractivity contribution in [2.24, 2.45) is 11.0 Å². The summed E-state index contributed by atoms with van der Waals surface area (Å²) in [5, 5.41) is 14.6. The molecule has 1 aliphatic heterocycles. The Hall–Kier alpha value is -1.46. The Kier molecular flexibility index (Phi) is 3.72. The summed E-state index contributed by atoms with van der Waals surface area (Å²) in [6.45, 7) is 3.84. The van der Waals surface area contributed by atoms with Crippen molar-refractivity contribution in [2.45, 2.75) is 26.3 Å². The van der Waals surface area contributed by atoms with Gasteiger partial charge in [-0.25, -0.2) is 5.01 Å². The third-order valence-electron chi connectivity index (χ3n) is 3.41. The van der Waals surface area contributed by atoms with Gasteiger partial charge in [0.05, 0.1) is 11.8 Å². The summed E-state index contributed by atoms with van der Waals surface area (Å²) >= 11 is 3.32. The van der Waals surface area contributed by atoms with Gasteiger partial charge in [0.1, 0.15) is 0 Å². The second-order valence-corrected chi connectivity index (χ2v) is 6.73. The predicted octanol–water partition coefficient (Wildman–Crippen LogP) is 4.14. The van der Waals surface area contributed by atoms with Crippen LogP contribution in [0.3, 0.4) is 0 Å². The van der Waals surface area contributed by atoms with Crippen molar-refractivity contribution < 1.29 is 4.79 Å². The summed E-state index contributed by atoms with van der Waals surface area (Å²) in [6, 6.07) is 4.20. The van der Waals surface area contributed by atoms with E-state index in [0.29, 0.717) is 0 Å². The van der Waals surface area contributed by atoms with E-state index in [1.165, 1.54) is 5.56 Å². The lowest BCUT2D eigenvalue weighted by Crippen LogP contribution is -2.30. The largest absolute Gasteiger partial charge is 0.273 e. The van der Waals surface area contributed by atoms with Crippen LogP contribution in [0.4, 0.5) is 0 Å². The fraction of sp³-hybridized carbons (Fsp3) is 0.333. The number of nitrogens with zero attached hydrogens (tertiary/aromatic N) is 2. The fourth-order valence-corrected chi connectivity index (χ4v) is 3.68. The van der Waals surface area contributed by atoms with E-state index in [9.17, 15) is 4.79 Å². The molecule has 0 saturated heterocycles. The van der Waals surface area contributed by atoms with Gasteiger partial charge in [0.2, 0.25) is 5.91 Å². The molecule has 0 fully saturated rings. The first kappa shape index (κ1) is 13.5. The molecule has 0 saturated carbocycles. The molecule has 2 aromatic rings. The Morgan fingerprint density at radius 2 is 2.05 bits per heavy atom. The van der Waals surface area contributed by atoms with Gasteiger partial charge in [-0.3, -0.25) is 4.79 Å². The van der Waals surface area contributed by atoms with Gasteiger partial charge < -0.3 is 0 Å². The number of amides is 1. The Morgan fingerprint density at radius 3 is 2.65 bits per heavy atom. The molecule has 0 spiro atoms. The van der Waals surface area contributed by atoms with E-state index in [2.05, 4.69) is 33.4 Å². The molecule has 0 aliphatic carbocycles. The van der Waals surface area contributed by atoms with E-state index in [4.69, 9.17) is 0 Å². The number of thiophene rings is 2. The first-order valence-electron chi connectivity index (χ1n) is 6.62. The minimum Gasteiger partial charge on any atom is -0.273 e. The summed E-state index contributed by atoms with van der Waals surface area (Å²) in [5.74, 6) is 0.0492. The minimum absolute atomic E-state index is 0.0401. The topological polar surface area (TPSA) is 32.7 Å². The van der Waals surface area contributed by atoms with Gasteiger partial charge in [-0.05, 0) is 39.2 Å². The van der Waals surface area contributed by atoms with Crippen LogP contribution in [0, 0.1) is 5.92 Å². The minimum atomic E-state index is -0.0401. The number of hydrazone groups is 1. The Morgan fingerprint density at radius 1 is 1.30 bits per heavy atom. The maximum Gasteiger partial charge on any atom is 0.245 e. The number of hydrogen-bond donors (Lipinski definition) is 0. The Labute approximate surface area is 126 Å². The number of hydrogen-bond acceptors (Lipinski definition) is 4. The van der Waals surface area contributed by atoms with Gasteiger partial charge in [-0.15, -0.1) is 0 Å². The van der Waals surface area contributed by atoms with Crippen LogP contribution in [0.1, 0.15) is 37.4 Å². The Balaban J connectivity index is 1.94. The quantitative estimate of drug-likeness (QED) is 0.838. The maximum atomic E-state index is 12.4. The molecule has 20 heavy (non-hydrogen) atoms. The molecule has 1 aliphatic rings. The zero-order valence-corrected chi connectivity index (χ0v) is 13.1. The zero-order valence-electron chi connectivity index (χ0n) is 11.4. The number of rotatable bonds is 3. The van der Waals surface area contributed by atoms with Crippen LogP contribution in [0.2, 0.25) is 0 Å². The highest BCUT2D eigenvalue weighted by molar-refractivity contribution is 7.08. The molecule has 0 radical (unpaired) electrons. The van der Waals surface area contributed by atoms with Gasteiger partial charge in [0.15, 0.2) is 0 Å². The molecule has 3 nitrogen and oxygen atoms in total. The standard InChI is InChI=1S/C15H16N2OS2/c1-10(2)15(18)17-14(12-4-6-20-9-12)7-13(16-17)11-3-5-19-8-11/h3-6,8-10,14H,7H2,1-2H3/t14-/m0/s1. The lowest BCUT2D eigenvalue weighted by Gasteiger charge is -2.22. The van der Waals surface area contributed by atoms with E-state index < -0.39 is 0 Å². The van der Waals surface area contributed by atoms with Crippen LogP contribution in [-0.4, -0.2) is 16.6 Å². The lowest BCUT2D eigenvalue weighted by molar-refractivity contribution is -0.136. The number of carbonyl (C=O) groups is 1. The average molecular weight is 304 g/mol. The van der Waals surface area contributed by atoms with Crippen LogP contribution in [0.5, 0.6) is 0 Å². The normalized spacial score (nSPS) is 18.6. The van der Waals surface area contributed by atoms with Crippen LogP contribution in [-0.2, 0) is 4.79 Å². The molecule has 0 unspecified atom stereocenters. The highest BCUT2D eigenvalue weighted by Crippen LogP contribution is 2.35. The molecule has 2 aromatic heterocycles. The highest BCUT2D eigenvalue weighted by atomic mass is 32.1. The van der Waals surface area contributed by atoms with Crippen LogP contribution >= 0.6 is 22.7 Å². The summed E-state index contributed by atoms with van der Waals surface area (Å²) < 4.78 is 0. The van der Waals surface area contributed by atoms with Crippen molar-refractivity contribution in [2.75, 3.05) is 0 Å². The van der Waals surface area contributed by atoms with Gasteiger partial charge in [0.25, 0.3) is 0 Å². The van der Waals surface area contributed by atoms with Crippen molar-refractivity contribution in [3.05, 3.63) is 44.8 Å². The summed E-state index contributed by atoms with van der Waals surface area (Å²) in [5.41, 5.74) is 3.32. The Bertz CT molecular complexity index is 614. The highest BCUT2D eigenvalue weighted by Gasteiger charge is 2.34. The zero-order chi connectivity index (χ0) is 14.1. The second-order valence-electron chi connectivity index (χ2n) is 5.17. The number of carbonyl (C=O) groups excluding carboxylic acids is 1. The molecule has 104 valence electrons. The molecule has 1 atom stereocenters. The van der Waals surface area contributed by atoms with Gasteiger partial charge >= 0.3 is 0 Å². The first-order valence-corrected chi connectivity index (χ1v) is 8.50. The van der Waals surface area contributed by atoms with Crippen molar-refractivity contribution in [1.29, 1.82) is 0 Å². The molecule has 5 heteroatoms. The molecule has 3 rings (SSSR count).